The van der Waals surface area contributed by atoms with Gasteiger partial charge in [-0.05, 0) is 52.3 Å². The van der Waals surface area contributed by atoms with Crippen molar-refractivity contribution in [2.45, 2.75) is 4.90 Å². The first-order chi connectivity index (χ1) is 9.25. The summed E-state index contributed by atoms with van der Waals surface area (Å²) in [6.07, 6.45) is 0. The van der Waals surface area contributed by atoms with Crippen LogP contribution < -0.4 is 16.2 Å². The van der Waals surface area contributed by atoms with Crippen LogP contribution in [0.3, 0.4) is 0 Å². The number of sulfonamides is 1. The molecule has 0 amide bonds. The Balaban J connectivity index is 2.44. The van der Waals surface area contributed by atoms with E-state index >= 15 is 0 Å². The van der Waals surface area contributed by atoms with Crippen LogP contribution in [-0.4, -0.2) is 8.42 Å². The second-order valence-corrected chi connectivity index (χ2v) is 6.50. The Morgan fingerprint density at radius 1 is 1.15 bits per heavy atom. The van der Waals surface area contributed by atoms with Crippen LogP contribution in [0.1, 0.15) is 0 Å². The smallest absolute Gasteiger partial charge is 0.238 e. The first kappa shape index (κ1) is 14.8. The van der Waals surface area contributed by atoms with E-state index in [-0.39, 0.29) is 10.6 Å². The zero-order valence-corrected chi connectivity index (χ0v) is 12.5. The van der Waals surface area contributed by atoms with Crippen LogP contribution in [-0.2, 0) is 10.0 Å². The lowest BCUT2D eigenvalue weighted by Crippen LogP contribution is -2.12. The van der Waals surface area contributed by atoms with Crippen LogP contribution in [0.5, 0.6) is 0 Å². The van der Waals surface area contributed by atoms with Gasteiger partial charge in [0.2, 0.25) is 10.0 Å². The molecule has 0 aliphatic rings. The molecule has 2 rings (SSSR count). The highest BCUT2D eigenvalue weighted by Crippen LogP contribution is 2.28. The van der Waals surface area contributed by atoms with E-state index in [9.17, 15) is 12.8 Å². The number of nitrogen functional groups attached to an aromatic ring is 1. The van der Waals surface area contributed by atoms with Crippen molar-refractivity contribution in [2.75, 3.05) is 11.1 Å². The Hall–Kier alpha value is -1.64. The predicted molar refractivity (Wildman–Crippen MR) is 79.6 cm³/mol. The Morgan fingerprint density at radius 3 is 2.50 bits per heavy atom. The van der Waals surface area contributed by atoms with Gasteiger partial charge in [0.25, 0.3) is 0 Å². The van der Waals surface area contributed by atoms with E-state index < -0.39 is 15.8 Å². The van der Waals surface area contributed by atoms with Crippen LogP contribution in [0.15, 0.2) is 45.8 Å². The fourth-order valence-corrected chi connectivity index (χ4v) is 2.54. The molecule has 2 aromatic carbocycles. The lowest BCUT2D eigenvalue weighted by molar-refractivity contribution is 0.598. The van der Waals surface area contributed by atoms with Gasteiger partial charge in [-0.15, -0.1) is 0 Å². The quantitative estimate of drug-likeness (QED) is 0.733. The van der Waals surface area contributed by atoms with Crippen molar-refractivity contribution < 1.29 is 12.8 Å². The molecule has 5 nitrogen and oxygen atoms in total. The van der Waals surface area contributed by atoms with E-state index in [1.54, 1.807) is 0 Å². The molecule has 0 aliphatic heterocycles. The summed E-state index contributed by atoms with van der Waals surface area (Å²) in [6, 6.07) is 8.19. The van der Waals surface area contributed by atoms with E-state index in [0.717, 1.165) is 0 Å². The van der Waals surface area contributed by atoms with Crippen molar-refractivity contribution in [1.29, 1.82) is 0 Å². The molecule has 20 heavy (non-hydrogen) atoms. The Kier molecular flexibility index (Phi) is 3.98. The molecule has 0 spiro atoms. The Labute approximate surface area is 124 Å². The van der Waals surface area contributed by atoms with E-state index in [0.29, 0.717) is 15.8 Å². The summed E-state index contributed by atoms with van der Waals surface area (Å²) < 4.78 is 36.5. The minimum Gasteiger partial charge on any atom is -0.399 e. The number of anilines is 3. The van der Waals surface area contributed by atoms with Crippen LogP contribution in [0, 0.1) is 5.82 Å². The number of halogens is 2. The minimum absolute atomic E-state index is 0.118. The molecular formula is C12H11BrFN3O2S. The minimum atomic E-state index is -3.86. The van der Waals surface area contributed by atoms with Gasteiger partial charge in [0.1, 0.15) is 5.82 Å². The molecule has 0 fully saturated rings. The summed E-state index contributed by atoms with van der Waals surface area (Å²) in [7, 11) is -3.86. The van der Waals surface area contributed by atoms with Gasteiger partial charge in [0, 0.05) is 15.8 Å². The summed E-state index contributed by atoms with van der Waals surface area (Å²) in [5.41, 5.74) is 6.69. The molecule has 106 valence electrons. The maximum absolute atomic E-state index is 13.2. The highest BCUT2D eigenvalue weighted by molar-refractivity contribution is 9.10. The number of primary sulfonamides is 1. The molecule has 0 saturated carbocycles. The van der Waals surface area contributed by atoms with Crippen molar-refractivity contribution in [2.24, 2.45) is 5.14 Å². The van der Waals surface area contributed by atoms with E-state index in [4.69, 9.17) is 10.9 Å². The molecule has 0 saturated heterocycles. The highest BCUT2D eigenvalue weighted by Gasteiger charge is 2.11. The summed E-state index contributed by atoms with van der Waals surface area (Å²) in [5, 5.41) is 7.94. The SMILES string of the molecule is Nc1cc(Nc2cc(F)ccc2Br)cc(S(N)(=O)=O)c1. The standard InChI is InChI=1S/C12H11BrFN3O2S/c13-11-2-1-7(14)3-12(11)17-9-4-8(15)5-10(6-9)20(16,18)19/h1-6,17H,15H2,(H2,16,18,19). The average molecular weight is 360 g/mol. The van der Waals surface area contributed by atoms with Crippen LogP contribution >= 0.6 is 15.9 Å². The van der Waals surface area contributed by atoms with E-state index in [2.05, 4.69) is 21.2 Å². The second kappa shape index (κ2) is 5.39. The monoisotopic (exact) mass is 359 g/mol. The first-order valence-corrected chi connectivity index (χ1v) is 7.75. The summed E-state index contributed by atoms with van der Waals surface area (Å²) in [4.78, 5) is -0.118. The van der Waals surface area contributed by atoms with E-state index in [1.165, 1.54) is 36.4 Å². The van der Waals surface area contributed by atoms with Crippen LogP contribution in [0.25, 0.3) is 0 Å². The third-order valence-electron chi connectivity index (χ3n) is 2.46. The highest BCUT2D eigenvalue weighted by atomic mass is 79.9. The van der Waals surface area contributed by atoms with Crippen LogP contribution in [0.2, 0.25) is 0 Å². The first-order valence-electron chi connectivity index (χ1n) is 5.41. The fourth-order valence-electron chi connectivity index (χ4n) is 1.61. The number of hydrogen-bond donors (Lipinski definition) is 3. The molecule has 0 heterocycles. The lowest BCUT2D eigenvalue weighted by atomic mass is 10.2. The summed E-state index contributed by atoms with van der Waals surface area (Å²) >= 11 is 3.26. The van der Waals surface area contributed by atoms with Gasteiger partial charge in [-0.3, -0.25) is 0 Å². The Morgan fingerprint density at radius 2 is 1.85 bits per heavy atom. The molecular weight excluding hydrogens is 349 g/mol. The van der Waals surface area contributed by atoms with Crippen molar-refractivity contribution in [3.8, 4) is 0 Å². The van der Waals surface area contributed by atoms with Gasteiger partial charge in [-0.2, -0.15) is 0 Å². The third-order valence-corrected chi connectivity index (χ3v) is 4.05. The molecule has 2 aromatic rings. The summed E-state index contributed by atoms with van der Waals surface area (Å²) in [6.45, 7) is 0. The van der Waals surface area contributed by atoms with Gasteiger partial charge < -0.3 is 11.1 Å². The molecule has 0 atom stereocenters. The van der Waals surface area contributed by atoms with Crippen LogP contribution in [0.4, 0.5) is 21.5 Å². The van der Waals surface area contributed by atoms with Gasteiger partial charge in [0.15, 0.2) is 0 Å². The molecule has 0 radical (unpaired) electrons. The number of hydrogen-bond acceptors (Lipinski definition) is 4. The molecule has 8 heteroatoms. The topological polar surface area (TPSA) is 98.2 Å². The number of benzene rings is 2. The van der Waals surface area contributed by atoms with Crippen molar-refractivity contribution >= 4 is 43.0 Å². The predicted octanol–water partition coefficient (Wildman–Crippen LogP) is 2.56. The number of rotatable bonds is 3. The maximum atomic E-state index is 13.2. The zero-order chi connectivity index (χ0) is 14.9. The van der Waals surface area contributed by atoms with Crippen molar-refractivity contribution in [3.05, 3.63) is 46.7 Å². The van der Waals surface area contributed by atoms with E-state index in [1.807, 2.05) is 0 Å². The largest absolute Gasteiger partial charge is 0.399 e. The molecule has 0 bridgehead atoms. The zero-order valence-electron chi connectivity index (χ0n) is 10.1. The fraction of sp³-hybridized carbons (Fsp3) is 0. The number of nitrogens with two attached hydrogens (primary N) is 2. The van der Waals surface area contributed by atoms with Gasteiger partial charge >= 0.3 is 0 Å². The normalized spacial score (nSPS) is 11.3. The summed E-state index contributed by atoms with van der Waals surface area (Å²) in [5.74, 6) is -0.425. The molecule has 0 aliphatic carbocycles. The van der Waals surface area contributed by atoms with Crippen molar-refractivity contribution in [1.82, 2.24) is 0 Å². The molecule has 0 aromatic heterocycles. The average Bonchev–Trinajstić information content (AvgIpc) is 2.32. The van der Waals surface area contributed by atoms with Crippen molar-refractivity contribution in [3.63, 3.8) is 0 Å². The Bertz CT molecular complexity index is 765. The second-order valence-electron chi connectivity index (χ2n) is 4.08. The molecule has 5 N–H and O–H groups in total. The maximum Gasteiger partial charge on any atom is 0.238 e. The van der Waals surface area contributed by atoms with Gasteiger partial charge in [-0.1, -0.05) is 0 Å². The van der Waals surface area contributed by atoms with Gasteiger partial charge in [-0.25, -0.2) is 17.9 Å². The third kappa shape index (κ3) is 3.47. The number of nitrogens with one attached hydrogen (secondary N) is 1. The molecule has 0 unspecified atom stereocenters. The van der Waals surface area contributed by atoms with Gasteiger partial charge in [0.05, 0.1) is 10.6 Å². The lowest BCUT2D eigenvalue weighted by Gasteiger charge is -2.11.